The highest BCUT2D eigenvalue weighted by molar-refractivity contribution is 5.26. The lowest BCUT2D eigenvalue weighted by Gasteiger charge is -2.39. The Morgan fingerprint density at radius 3 is 1.68 bits per heavy atom. The normalized spacial score (nSPS) is 13.1. The van der Waals surface area contributed by atoms with Gasteiger partial charge in [0, 0.05) is 37.5 Å². The van der Waals surface area contributed by atoms with Crippen LogP contribution in [0, 0.1) is 17.5 Å². The van der Waals surface area contributed by atoms with Gasteiger partial charge in [-0.05, 0) is 27.2 Å². The molecule has 0 saturated heterocycles. The van der Waals surface area contributed by atoms with Gasteiger partial charge in [-0.25, -0.2) is 13.2 Å². The second-order valence-corrected chi connectivity index (χ2v) is 6.79. The fraction of sp³-hybridized carbons (Fsp3) is 0.727. The predicted molar refractivity (Wildman–Crippen MR) is 105 cm³/mol. The maximum absolute atomic E-state index is 14.6. The van der Waals surface area contributed by atoms with Gasteiger partial charge in [0.15, 0.2) is 0 Å². The van der Waals surface area contributed by atoms with Crippen molar-refractivity contribution in [2.24, 2.45) is 0 Å². The first-order chi connectivity index (χ1) is 13.5. The van der Waals surface area contributed by atoms with Gasteiger partial charge in [0.2, 0.25) is 0 Å². The van der Waals surface area contributed by atoms with Crippen LogP contribution >= 0.6 is 0 Å². The molecule has 1 aromatic rings. The molecule has 1 unspecified atom stereocenters. The lowest BCUT2D eigenvalue weighted by molar-refractivity contribution is -0.389. The van der Waals surface area contributed by atoms with Gasteiger partial charge < -0.3 is 14.2 Å². The maximum atomic E-state index is 14.6. The molecule has 0 aromatic heterocycles. The molecule has 28 heavy (non-hydrogen) atoms. The van der Waals surface area contributed by atoms with E-state index in [0.717, 1.165) is 32.1 Å². The molecule has 0 aliphatic heterocycles. The molecule has 0 spiro atoms. The minimum Gasteiger partial charge on any atom is -0.327 e. The number of unbranched alkanes of at least 4 members (excludes halogenated alkanes) is 5. The third-order valence-electron chi connectivity index (χ3n) is 4.70. The summed E-state index contributed by atoms with van der Waals surface area (Å²) in [5.41, 5.74) is -0.245. The van der Waals surface area contributed by atoms with E-state index in [1.165, 1.54) is 6.42 Å². The summed E-state index contributed by atoms with van der Waals surface area (Å²) in [6.45, 7) is 8.20. The van der Waals surface area contributed by atoms with Crippen molar-refractivity contribution in [1.82, 2.24) is 0 Å². The Balaban J connectivity index is 3.21. The quantitative estimate of drug-likeness (QED) is 0.240. The van der Waals surface area contributed by atoms with Crippen molar-refractivity contribution >= 4 is 0 Å². The van der Waals surface area contributed by atoms with E-state index in [1.54, 1.807) is 20.8 Å². The fourth-order valence-corrected chi connectivity index (χ4v) is 3.54. The van der Waals surface area contributed by atoms with Gasteiger partial charge in [-0.15, -0.1) is 0 Å². The zero-order valence-corrected chi connectivity index (χ0v) is 17.7. The van der Waals surface area contributed by atoms with Gasteiger partial charge in [-0.1, -0.05) is 45.4 Å². The van der Waals surface area contributed by atoms with Gasteiger partial charge in [0.05, 0.1) is 5.92 Å². The first kappa shape index (κ1) is 24.9. The lowest BCUT2D eigenvalue weighted by Crippen LogP contribution is -2.46. The Morgan fingerprint density at radius 1 is 0.750 bits per heavy atom. The third-order valence-corrected chi connectivity index (χ3v) is 4.70. The average molecular weight is 405 g/mol. The Kier molecular flexibility index (Phi) is 11.7. The van der Waals surface area contributed by atoms with Crippen LogP contribution in [-0.4, -0.2) is 25.8 Å². The number of ether oxygens (including phenoxy) is 3. The SMILES string of the molecule is CCCCCCCCC(c1c(F)cc(F)cc1F)C(OCC)(OCC)OCC. The van der Waals surface area contributed by atoms with E-state index in [-0.39, 0.29) is 25.4 Å². The molecule has 0 heterocycles. The number of halogens is 3. The van der Waals surface area contributed by atoms with E-state index < -0.39 is 29.3 Å². The van der Waals surface area contributed by atoms with E-state index in [0.29, 0.717) is 18.6 Å². The smallest absolute Gasteiger partial charge is 0.290 e. The molecule has 0 radical (unpaired) electrons. The van der Waals surface area contributed by atoms with Crippen LogP contribution in [0.5, 0.6) is 0 Å². The minimum absolute atomic E-state index is 0.245. The van der Waals surface area contributed by atoms with Crippen LogP contribution in [0.1, 0.15) is 84.1 Å². The molecular weight excluding hydrogens is 369 g/mol. The molecule has 1 aromatic carbocycles. The number of hydrogen-bond acceptors (Lipinski definition) is 3. The highest BCUT2D eigenvalue weighted by atomic mass is 19.1. The van der Waals surface area contributed by atoms with Gasteiger partial charge in [-0.2, -0.15) is 0 Å². The molecule has 0 aliphatic carbocycles. The van der Waals surface area contributed by atoms with Crippen LogP contribution in [0.4, 0.5) is 13.2 Å². The molecule has 0 saturated carbocycles. The summed E-state index contributed by atoms with van der Waals surface area (Å²) in [5.74, 6) is -5.30. The first-order valence-corrected chi connectivity index (χ1v) is 10.5. The summed E-state index contributed by atoms with van der Waals surface area (Å²) < 4.78 is 60.1. The fourth-order valence-electron chi connectivity index (χ4n) is 3.54. The molecular formula is C22H35F3O3. The van der Waals surface area contributed by atoms with E-state index in [2.05, 4.69) is 6.92 Å². The molecule has 0 aliphatic rings. The van der Waals surface area contributed by atoms with Crippen molar-refractivity contribution in [1.29, 1.82) is 0 Å². The van der Waals surface area contributed by atoms with E-state index in [4.69, 9.17) is 14.2 Å². The van der Waals surface area contributed by atoms with Gasteiger partial charge in [-0.3, -0.25) is 0 Å². The summed E-state index contributed by atoms with van der Waals surface area (Å²) >= 11 is 0. The molecule has 3 nitrogen and oxygen atoms in total. The molecule has 1 atom stereocenters. The average Bonchev–Trinajstić information content (AvgIpc) is 2.62. The molecule has 6 heteroatoms. The highest BCUT2D eigenvalue weighted by Crippen LogP contribution is 2.41. The molecule has 162 valence electrons. The summed E-state index contributed by atoms with van der Waals surface area (Å²) in [7, 11) is 0. The molecule has 0 fully saturated rings. The Labute approximate surface area is 167 Å². The zero-order chi connectivity index (χ0) is 21.0. The van der Waals surface area contributed by atoms with Crippen molar-refractivity contribution in [2.75, 3.05) is 19.8 Å². The van der Waals surface area contributed by atoms with E-state index in [9.17, 15) is 13.2 Å². The zero-order valence-electron chi connectivity index (χ0n) is 17.7. The van der Waals surface area contributed by atoms with Crippen LogP contribution in [0.15, 0.2) is 12.1 Å². The molecule has 0 bridgehead atoms. The molecule has 0 N–H and O–H groups in total. The van der Waals surface area contributed by atoms with Gasteiger partial charge in [0.1, 0.15) is 17.5 Å². The Hall–Kier alpha value is -1.11. The largest absolute Gasteiger partial charge is 0.327 e. The van der Waals surface area contributed by atoms with Crippen LogP contribution in [0.3, 0.4) is 0 Å². The van der Waals surface area contributed by atoms with Gasteiger partial charge >= 0.3 is 0 Å². The van der Waals surface area contributed by atoms with Crippen LogP contribution in [0.25, 0.3) is 0 Å². The Bertz CT molecular complexity index is 526. The minimum atomic E-state index is -1.61. The first-order valence-electron chi connectivity index (χ1n) is 10.5. The Morgan fingerprint density at radius 2 is 1.21 bits per heavy atom. The van der Waals surface area contributed by atoms with Crippen molar-refractivity contribution in [3.63, 3.8) is 0 Å². The number of hydrogen-bond donors (Lipinski definition) is 0. The summed E-state index contributed by atoms with van der Waals surface area (Å²) in [5, 5.41) is 0. The van der Waals surface area contributed by atoms with Crippen molar-refractivity contribution < 1.29 is 27.4 Å². The van der Waals surface area contributed by atoms with Crippen LogP contribution in [-0.2, 0) is 14.2 Å². The number of benzene rings is 1. The van der Waals surface area contributed by atoms with Gasteiger partial charge in [0.25, 0.3) is 5.97 Å². The third kappa shape index (κ3) is 7.05. The second kappa shape index (κ2) is 13.2. The standard InChI is InChI=1S/C22H35F3O3/c1-5-9-10-11-12-13-14-18(21-19(24)15-17(23)16-20(21)25)22(26-6-2,27-7-3)28-8-4/h15-16,18H,5-14H2,1-4H3. The van der Waals surface area contributed by atoms with Crippen molar-refractivity contribution in [2.45, 2.75) is 84.5 Å². The molecule has 0 amide bonds. The van der Waals surface area contributed by atoms with Crippen molar-refractivity contribution in [3.8, 4) is 0 Å². The monoisotopic (exact) mass is 404 g/mol. The summed E-state index contributed by atoms with van der Waals surface area (Å²) in [6, 6.07) is 1.39. The predicted octanol–water partition coefficient (Wildman–Crippen LogP) is 6.70. The topological polar surface area (TPSA) is 27.7 Å². The second-order valence-electron chi connectivity index (χ2n) is 6.79. The van der Waals surface area contributed by atoms with E-state index in [1.807, 2.05) is 0 Å². The lowest BCUT2D eigenvalue weighted by atomic mass is 9.89. The maximum Gasteiger partial charge on any atom is 0.290 e. The molecule has 1 rings (SSSR count). The van der Waals surface area contributed by atoms with Crippen LogP contribution < -0.4 is 0 Å². The summed E-state index contributed by atoms with van der Waals surface area (Å²) in [4.78, 5) is 0. The number of rotatable bonds is 15. The van der Waals surface area contributed by atoms with Crippen molar-refractivity contribution in [3.05, 3.63) is 35.1 Å². The van der Waals surface area contributed by atoms with E-state index >= 15 is 0 Å². The van der Waals surface area contributed by atoms with Crippen LogP contribution in [0.2, 0.25) is 0 Å². The highest BCUT2D eigenvalue weighted by Gasteiger charge is 2.45. The summed E-state index contributed by atoms with van der Waals surface area (Å²) in [6.07, 6.45) is 6.59.